The van der Waals surface area contributed by atoms with Crippen LogP contribution in [0, 0.1) is 5.92 Å². The largest absolute Gasteiger partial charge is 0.392 e. The number of nitrogens with zero attached hydrogens (tertiary/aromatic N) is 2. The summed E-state index contributed by atoms with van der Waals surface area (Å²) in [6.07, 6.45) is 3.46. The van der Waals surface area contributed by atoms with E-state index in [4.69, 9.17) is 14.7 Å². The van der Waals surface area contributed by atoms with E-state index in [1.165, 1.54) is 27.1 Å². The number of nitrogens with one attached hydrogen (secondary N) is 2. The molecule has 1 aliphatic carbocycles. The van der Waals surface area contributed by atoms with Gasteiger partial charge < -0.3 is 20.1 Å². The van der Waals surface area contributed by atoms with E-state index >= 15 is 0 Å². The Labute approximate surface area is 180 Å². The van der Waals surface area contributed by atoms with Crippen molar-refractivity contribution in [1.29, 1.82) is 0 Å². The second-order valence-electron chi connectivity index (χ2n) is 8.54. The van der Waals surface area contributed by atoms with Gasteiger partial charge in [0.15, 0.2) is 5.82 Å². The number of benzene rings is 1. The van der Waals surface area contributed by atoms with Crippen LogP contribution >= 0.6 is 11.3 Å². The second kappa shape index (κ2) is 8.59. The summed E-state index contributed by atoms with van der Waals surface area (Å²) >= 11 is 1.85. The summed E-state index contributed by atoms with van der Waals surface area (Å²) in [4.78, 5) is 14.1. The molecule has 6 nitrogen and oxygen atoms in total. The lowest BCUT2D eigenvalue weighted by Gasteiger charge is -2.23. The van der Waals surface area contributed by atoms with Crippen LogP contribution in [0.15, 0.2) is 24.3 Å². The Hall–Kier alpha value is -2.06. The quantitative estimate of drug-likeness (QED) is 0.586. The third kappa shape index (κ3) is 4.07. The zero-order chi connectivity index (χ0) is 20.5. The minimum absolute atomic E-state index is 0.0338. The topological polar surface area (TPSA) is 71.7 Å². The molecule has 0 unspecified atom stereocenters. The molecule has 0 saturated carbocycles. The van der Waals surface area contributed by atoms with Crippen LogP contribution in [0.25, 0.3) is 10.2 Å². The Bertz CT molecular complexity index is 1050. The van der Waals surface area contributed by atoms with Crippen molar-refractivity contribution >= 4 is 33.1 Å². The smallest absolute Gasteiger partial charge is 0.187 e. The number of aliphatic hydroxyl groups excluding tert-OH is 1. The average molecular weight is 426 g/mol. The summed E-state index contributed by atoms with van der Waals surface area (Å²) in [6.45, 7) is 6.81. The number of aromatic nitrogens is 2. The molecule has 0 amide bonds. The molecule has 3 aromatic rings. The molecular weight excluding hydrogens is 396 g/mol. The van der Waals surface area contributed by atoms with Crippen LogP contribution in [-0.2, 0) is 30.7 Å². The van der Waals surface area contributed by atoms with Crippen LogP contribution in [0.3, 0.4) is 0 Å². The highest BCUT2D eigenvalue weighted by Gasteiger charge is 2.25. The Kier molecular flexibility index (Phi) is 5.69. The molecule has 5 rings (SSSR count). The first-order valence-corrected chi connectivity index (χ1v) is 11.7. The first-order valence-electron chi connectivity index (χ1n) is 10.9. The number of hydrogen-bond acceptors (Lipinski definition) is 6. The van der Waals surface area contributed by atoms with Crippen LogP contribution in [0.5, 0.6) is 0 Å². The van der Waals surface area contributed by atoms with Gasteiger partial charge in [0.1, 0.15) is 30.3 Å². The van der Waals surface area contributed by atoms with Crippen molar-refractivity contribution in [3.05, 3.63) is 46.1 Å². The van der Waals surface area contributed by atoms with Crippen molar-refractivity contribution < 1.29 is 14.7 Å². The maximum absolute atomic E-state index is 9.51. The highest BCUT2D eigenvalue weighted by molar-refractivity contribution is 7.19. The zero-order valence-corrected chi connectivity index (χ0v) is 18.2. The van der Waals surface area contributed by atoms with E-state index in [0.717, 1.165) is 79.3 Å². The Morgan fingerprint density at radius 2 is 2.13 bits per heavy atom. The monoisotopic (exact) mass is 425 g/mol. The zero-order valence-electron chi connectivity index (χ0n) is 17.4. The molecule has 1 fully saturated rings. The number of ether oxygens (including phenoxy) is 1. The fourth-order valence-corrected chi connectivity index (χ4v) is 5.90. The highest BCUT2D eigenvalue weighted by atomic mass is 32.1. The molecule has 2 aliphatic rings. The van der Waals surface area contributed by atoms with E-state index in [-0.39, 0.29) is 6.61 Å². The molecule has 1 aromatic carbocycles. The molecule has 158 valence electrons. The van der Waals surface area contributed by atoms with Gasteiger partial charge in [0.2, 0.25) is 0 Å². The normalized spacial score (nSPS) is 19.7. The van der Waals surface area contributed by atoms with E-state index in [1.54, 1.807) is 0 Å². The lowest BCUT2D eigenvalue weighted by atomic mass is 9.89. The van der Waals surface area contributed by atoms with Crippen LogP contribution < -0.4 is 10.2 Å². The minimum atomic E-state index is 0.0338. The van der Waals surface area contributed by atoms with E-state index in [0.29, 0.717) is 0 Å². The molecule has 3 N–H and O–H groups in total. The first-order chi connectivity index (χ1) is 14.7. The van der Waals surface area contributed by atoms with Crippen molar-refractivity contribution in [2.75, 3.05) is 31.6 Å². The Morgan fingerprint density at radius 1 is 1.27 bits per heavy atom. The van der Waals surface area contributed by atoms with Gasteiger partial charge in [-0.3, -0.25) is 0 Å². The molecular formula is C23H29N4O2S+. The maximum Gasteiger partial charge on any atom is 0.187 e. The fourth-order valence-electron chi connectivity index (χ4n) is 4.50. The number of fused-ring (bicyclic) bond motifs is 3. The van der Waals surface area contributed by atoms with Crippen molar-refractivity contribution in [2.24, 2.45) is 5.92 Å². The number of hydrogen-bond donors (Lipinski definition) is 3. The van der Waals surface area contributed by atoms with Crippen molar-refractivity contribution in [3.63, 3.8) is 0 Å². The number of aryl methyl sites for hydroxylation is 1. The van der Waals surface area contributed by atoms with Gasteiger partial charge in [-0.05, 0) is 48.4 Å². The summed E-state index contributed by atoms with van der Waals surface area (Å²) < 4.78 is 5.50. The molecule has 0 radical (unpaired) electrons. The van der Waals surface area contributed by atoms with Crippen LogP contribution in [0.2, 0.25) is 0 Å². The molecule has 30 heavy (non-hydrogen) atoms. The molecule has 1 atom stereocenters. The van der Waals surface area contributed by atoms with Gasteiger partial charge in [-0.2, -0.15) is 0 Å². The summed E-state index contributed by atoms with van der Waals surface area (Å²) in [7, 11) is 0. The average Bonchev–Trinajstić information content (AvgIpc) is 3.12. The van der Waals surface area contributed by atoms with Crippen LogP contribution in [0.1, 0.15) is 35.2 Å². The number of aliphatic hydroxyl groups is 1. The highest BCUT2D eigenvalue weighted by Crippen LogP contribution is 2.40. The minimum Gasteiger partial charge on any atom is -0.392 e. The van der Waals surface area contributed by atoms with Gasteiger partial charge in [-0.1, -0.05) is 19.1 Å². The van der Waals surface area contributed by atoms with Crippen LogP contribution in [-0.4, -0.2) is 41.4 Å². The second-order valence-corrected chi connectivity index (χ2v) is 9.63. The number of thiophene rings is 1. The van der Waals surface area contributed by atoms with Gasteiger partial charge in [-0.15, -0.1) is 11.3 Å². The number of quaternary nitrogens is 1. The van der Waals surface area contributed by atoms with Gasteiger partial charge in [-0.25, -0.2) is 9.97 Å². The van der Waals surface area contributed by atoms with Crippen molar-refractivity contribution in [1.82, 2.24) is 9.97 Å². The molecule has 1 aliphatic heterocycles. The van der Waals surface area contributed by atoms with E-state index in [2.05, 4.69) is 12.2 Å². The maximum atomic E-state index is 9.51. The summed E-state index contributed by atoms with van der Waals surface area (Å²) in [5.74, 6) is 2.53. The SMILES string of the molecule is C[C@H]1CCc2c(sc3nc(C[NH+]4CCOCC4)nc(Nc4cccc(CO)c4)c23)C1. The van der Waals surface area contributed by atoms with E-state index in [1.807, 2.05) is 35.6 Å². The van der Waals surface area contributed by atoms with Crippen molar-refractivity contribution in [2.45, 2.75) is 39.3 Å². The van der Waals surface area contributed by atoms with Gasteiger partial charge >= 0.3 is 0 Å². The summed E-state index contributed by atoms with van der Waals surface area (Å²) in [5, 5.41) is 14.3. The lowest BCUT2D eigenvalue weighted by molar-refractivity contribution is -0.922. The van der Waals surface area contributed by atoms with Gasteiger partial charge in [0.05, 0.1) is 25.2 Å². The predicted octanol–water partition coefficient (Wildman–Crippen LogP) is 2.47. The Balaban J connectivity index is 1.55. The number of anilines is 2. The summed E-state index contributed by atoms with van der Waals surface area (Å²) in [5.41, 5.74) is 3.28. The van der Waals surface area contributed by atoms with E-state index < -0.39 is 0 Å². The number of rotatable bonds is 5. The lowest BCUT2D eigenvalue weighted by Crippen LogP contribution is -3.12. The Morgan fingerprint density at radius 3 is 2.97 bits per heavy atom. The predicted molar refractivity (Wildman–Crippen MR) is 119 cm³/mol. The number of morpholine rings is 1. The molecule has 3 heterocycles. The van der Waals surface area contributed by atoms with Gasteiger partial charge in [0.25, 0.3) is 0 Å². The summed E-state index contributed by atoms with van der Waals surface area (Å²) in [6, 6.07) is 7.92. The van der Waals surface area contributed by atoms with Gasteiger partial charge in [0, 0.05) is 10.6 Å². The fraction of sp³-hybridized carbons (Fsp3) is 0.478. The first kappa shape index (κ1) is 19.9. The van der Waals surface area contributed by atoms with Crippen LogP contribution in [0.4, 0.5) is 11.5 Å². The van der Waals surface area contributed by atoms with Crippen molar-refractivity contribution in [3.8, 4) is 0 Å². The molecule has 0 spiro atoms. The third-order valence-corrected chi connectivity index (χ3v) is 7.33. The standard InChI is InChI=1S/C23H28N4O2S/c1-15-5-6-18-19(11-15)30-23-21(18)22(24-17-4-2-3-16(12-17)14-28)25-20(26-23)13-27-7-9-29-10-8-27/h2-4,12,15,28H,5-11,13-14H2,1H3,(H,24,25,26)/p+1/t15-/m0/s1. The van der Waals surface area contributed by atoms with E-state index in [9.17, 15) is 5.11 Å². The molecule has 1 saturated heterocycles. The molecule has 0 bridgehead atoms. The third-order valence-electron chi connectivity index (χ3n) is 6.18. The molecule has 7 heteroatoms. The molecule has 2 aromatic heterocycles.